The summed E-state index contributed by atoms with van der Waals surface area (Å²) in [6.45, 7) is 7.46. The largest absolute Gasteiger partial charge is 0.396 e. The monoisotopic (exact) mass is 238 g/mol. The first-order valence-corrected chi connectivity index (χ1v) is 5.97. The van der Waals surface area contributed by atoms with Crippen LogP contribution in [0.1, 0.15) is 34.1 Å². The van der Waals surface area contributed by atoms with Gasteiger partial charge < -0.3 is 10.2 Å². The number of carbonyl (C=O) groups excluding carboxylic acids is 1. The number of allylic oxidation sites excluding steroid dienone is 1. The summed E-state index contributed by atoms with van der Waals surface area (Å²) in [7, 11) is 0. The molecule has 0 bridgehead atoms. The molecule has 0 aromatic heterocycles. The predicted molar refractivity (Wildman–Crippen MR) is 67.5 cm³/mol. The minimum Gasteiger partial charge on any atom is -0.396 e. The van der Waals surface area contributed by atoms with Crippen LogP contribution in [0.4, 0.5) is 0 Å². The van der Waals surface area contributed by atoms with Crippen LogP contribution in [0.5, 0.6) is 0 Å². The van der Waals surface area contributed by atoms with Crippen LogP contribution in [0, 0.1) is 11.3 Å². The van der Waals surface area contributed by atoms with Crippen molar-refractivity contribution in [3.05, 3.63) is 23.8 Å². The van der Waals surface area contributed by atoms with Gasteiger partial charge in [0.05, 0.1) is 0 Å². The molecule has 0 saturated heterocycles. The molecule has 0 unspecified atom stereocenters. The maximum atomic E-state index is 11.5. The van der Waals surface area contributed by atoms with Crippen molar-refractivity contribution in [2.45, 2.75) is 39.7 Å². The van der Waals surface area contributed by atoms with E-state index in [4.69, 9.17) is 5.11 Å². The molecule has 2 atom stereocenters. The highest BCUT2D eigenvalue weighted by atomic mass is 16.3. The van der Waals surface area contributed by atoms with Crippen LogP contribution >= 0.6 is 0 Å². The molecule has 0 saturated carbocycles. The molecule has 0 fully saturated rings. The molecule has 1 aliphatic carbocycles. The Morgan fingerprint density at radius 2 is 2.12 bits per heavy atom. The van der Waals surface area contributed by atoms with Gasteiger partial charge in [0.15, 0.2) is 5.78 Å². The lowest BCUT2D eigenvalue weighted by Gasteiger charge is -2.44. The number of rotatable bonds is 3. The SMILES string of the molecule is CC1=CC(=O)CC(C)(C)[C@@]1(O)C=C[C@H](C)CO. The highest BCUT2D eigenvalue weighted by molar-refractivity contribution is 5.92. The first-order valence-electron chi connectivity index (χ1n) is 5.97. The molecule has 0 aromatic rings. The topological polar surface area (TPSA) is 57.5 Å². The van der Waals surface area contributed by atoms with Crippen molar-refractivity contribution in [1.82, 2.24) is 0 Å². The van der Waals surface area contributed by atoms with Crippen molar-refractivity contribution in [2.24, 2.45) is 11.3 Å². The zero-order valence-electron chi connectivity index (χ0n) is 11.0. The fourth-order valence-corrected chi connectivity index (χ4v) is 2.23. The Hall–Kier alpha value is -0.930. The van der Waals surface area contributed by atoms with Gasteiger partial charge in [0.1, 0.15) is 5.60 Å². The van der Waals surface area contributed by atoms with Gasteiger partial charge >= 0.3 is 0 Å². The van der Waals surface area contributed by atoms with Crippen LogP contribution in [0.3, 0.4) is 0 Å². The van der Waals surface area contributed by atoms with Crippen LogP contribution in [-0.2, 0) is 4.79 Å². The van der Waals surface area contributed by atoms with Crippen molar-refractivity contribution in [3.8, 4) is 0 Å². The van der Waals surface area contributed by atoms with Gasteiger partial charge in [0.2, 0.25) is 0 Å². The van der Waals surface area contributed by atoms with E-state index in [2.05, 4.69) is 0 Å². The second kappa shape index (κ2) is 4.75. The number of carbonyl (C=O) groups is 1. The minimum absolute atomic E-state index is 0.000234. The van der Waals surface area contributed by atoms with Gasteiger partial charge in [0.25, 0.3) is 0 Å². The lowest BCUT2D eigenvalue weighted by atomic mass is 9.64. The van der Waals surface area contributed by atoms with Crippen LogP contribution < -0.4 is 0 Å². The summed E-state index contributed by atoms with van der Waals surface area (Å²) >= 11 is 0. The number of aliphatic hydroxyl groups is 2. The van der Waals surface area contributed by atoms with E-state index in [9.17, 15) is 9.90 Å². The molecule has 3 heteroatoms. The molecule has 3 nitrogen and oxygen atoms in total. The van der Waals surface area contributed by atoms with Crippen molar-refractivity contribution in [2.75, 3.05) is 6.61 Å². The standard InChI is InChI=1S/C14H22O3/c1-10(9-15)5-6-14(17)11(2)7-12(16)8-13(14,3)4/h5-7,10,15,17H,8-9H2,1-4H3/t10-,14+/m0/s1. The van der Waals surface area contributed by atoms with Crippen LogP contribution in [0.15, 0.2) is 23.8 Å². The predicted octanol–water partition coefficient (Wildman–Crippen LogP) is 1.85. The van der Waals surface area contributed by atoms with E-state index in [0.717, 1.165) is 0 Å². The fourth-order valence-electron chi connectivity index (χ4n) is 2.23. The Morgan fingerprint density at radius 1 is 1.53 bits per heavy atom. The summed E-state index contributed by atoms with van der Waals surface area (Å²) in [5.41, 5.74) is -0.959. The van der Waals surface area contributed by atoms with Gasteiger partial charge in [0, 0.05) is 18.4 Å². The highest BCUT2D eigenvalue weighted by Gasteiger charge is 2.46. The number of ketones is 1. The fraction of sp³-hybridized carbons (Fsp3) is 0.643. The van der Waals surface area contributed by atoms with E-state index in [1.54, 1.807) is 19.1 Å². The summed E-state index contributed by atoms with van der Waals surface area (Å²) in [6, 6.07) is 0. The molecule has 0 aromatic carbocycles. The molecule has 0 spiro atoms. The van der Waals surface area contributed by atoms with E-state index >= 15 is 0 Å². The molecular weight excluding hydrogens is 216 g/mol. The van der Waals surface area contributed by atoms with Gasteiger partial charge in [-0.25, -0.2) is 0 Å². The molecular formula is C14H22O3. The Bertz CT molecular complexity index is 366. The van der Waals surface area contributed by atoms with Crippen LogP contribution in [0.25, 0.3) is 0 Å². The normalized spacial score (nSPS) is 30.5. The highest BCUT2D eigenvalue weighted by Crippen LogP contribution is 2.44. The maximum Gasteiger partial charge on any atom is 0.156 e. The zero-order valence-corrected chi connectivity index (χ0v) is 11.0. The molecule has 96 valence electrons. The third-order valence-electron chi connectivity index (χ3n) is 3.58. The second-order valence-electron chi connectivity index (χ2n) is 5.64. The summed E-state index contributed by atoms with van der Waals surface area (Å²) in [5, 5.41) is 19.7. The van der Waals surface area contributed by atoms with E-state index in [1.807, 2.05) is 20.8 Å². The van der Waals surface area contributed by atoms with Gasteiger partial charge in [-0.3, -0.25) is 4.79 Å². The molecule has 0 radical (unpaired) electrons. The van der Waals surface area contributed by atoms with Gasteiger partial charge in [-0.15, -0.1) is 0 Å². The first-order chi connectivity index (χ1) is 7.73. The lowest BCUT2D eigenvalue weighted by Crippen LogP contribution is -2.48. The third-order valence-corrected chi connectivity index (χ3v) is 3.58. The summed E-state index contributed by atoms with van der Waals surface area (Å²) in [6.07, 6.45) is 5.36. The number of hydrogen-bond acceptors (Lipinski definition) is 3. The summed E-state index contributed by atoms with van der Waals surface area (Å²) in [4.78, 5) is 11.5. The van der Waals surface area contributed by atoms with E-state index in [0.29, 0.717) is 12.0 Å². The summed E-state index contributed by atoms with van der Waals surface area (Å²) in [5.74, 6) is 0.0565. The van der Waals surface area contributed by atoms with Crippen molar-refractivity contribution < 1.29 is 15.0 Å². The molecule has 1 aliphatic rings. The van der Waals surface area contributed by atoms with E-state index < -0.39 is 11.0 Å². The van der Waals surface area contributed by atoms with Crippen molar-refractivity contribution >= 4 is 5.78 Å². The van der Waals surface area contributed by atoms with E-state index in [-0.39, 0.29) is 18.3 Å². The Labute approximate surface area is 103 Å². The van der Waals surface area contributed by atoms with Crippen molar-refractivity contribution in [1.29, 1.82) is 0 Å². The number of aliphatic hydroxyl groups excluding tert-OH is 1. The maximum absolute atomic E-state index is 11.5. The van der Waals surface area contributed by atoms with Crippen molar-refractivity contribution in [3.63, 3.8) is 0 Å². The van der Waals surface area contributed by atoms with E-state index in [1.165, 1.54) is 6.08 Å². The lowest BCUT2D eigenvalue weighted by molar-refractivity contribution is -0.121. The van der Waals surface area contributed by atoms with Crippen LogP contribution in [-0.4, -0.2) is 28.2 Å². The van der Waals surface area contributed by atoms with Gasteiger partial charge in [-0.05, 0) is 24.5 Å². The van der Waals surface area contributed by atoms with Gasteiger partial charge in [-0.2, -0.15) is 0 Å². The Balaban J connectivity index is 3.10. The zero-order chi connectivity index (χ0) is 13.3. The molecule has 0 aliphatic heterocycles. The van der Waals surface area contributed by atoms with Gasteiger partial charge in [-0.1, -0.05) is 32.9 Å². The average Bonchev–Trinajstić information content (AvgIpc) is 2.22. The molecule has 1 rings (SSSR count). The quantitative estimate of drug-likeness (QED) is 0.738. The number of hydrogen-bond donors (Lipinski definition) is 2. The first kappa shape index (κ1) is 14.1. The Morgan fingerprint density at radius 3 is 2.59 bits per heavy atom. The minimum atomic E-state index is -1.11. The Kier molecular flexibility index (Phi) is 3.95. The third kappa shape index (κ3) is 2.67. The molecule has 17 heavy (non-hydrogen) atoms. The molecule has 0 heterocycles. The average molecular weight is 238 g/mol. The molecule has 2 N–H and O–H groups in total. The summed E-state index contributed by atoms with van der Waals surface area (Å²) < 4.78 is 0. The second-order valence-corrected chi connectivity index (χ2v) is 5.64. The molecule has 0 amide bonds. The van der Waals surface area contributed by atoms with Crippen LogP contribution in [0.2, 0.25) is 0 Å². The smallest absolute Gasteiger partial charge is 0.156 e.